The third kappa shape index (κ3) is 6.92. The topological polar surface area (TPSA) is 170 Å². The number of anilines is 1. The van der Waals surface area contributed by atoms with Crippen LogP contribution >= 0.6 is 0 Å². The zero-order valence-corrected chi connectivity index (χ0v) is 14.5. The average molecular weight is 378 g/mol. The number of benzene rings is 2. The summed E-state index contributed by atoms with van der Waals surface area (Å²) in [4.78, 5) is 30.5. The fourth-order valence-electron chi connectivity index (χ4n) is 2.30. The first-order valence-corrected chi connectivity index (χ1v) is 8.00. The molecule has 0 aliphatic rings. The highest BCUT2D eigenvalue weighted by atomic mass is 16.4. The van der Waals surface area contributed by atoms with Crippen LogP contribution in [0.25, 0.3) is 10.8 Å². The monoisotopic (exact) mass is 378 g/mol. The van der Waals surface area contributed by atoms with E-state index in [-0.39, 0.29) is 0 Å². The Morgan fingerprint density at radius 3 is 2.00 bits per heavy atom. The van der Waals surface area contributed by atoms with E-state index < -0.39 is 36.4 Å². The second kappa shape index (κ2) is 10.1. The lowest BCUT2D eigenvalue weighted by Crippen LogP contribution is -2.42. The highest BCUT2D eigenvalue weighted by molar-refractivity contribution is 5.93. The predicted octanol–water partition coefficient (Wildman–Crippen LogP) is 0.962. The van der Waals surface area contributed by atoms with Crippen molar-refractivity contribution in [1.82, 2.24) is 0 Å². The van der Waals surface area contributed by atoms with E-state index in [9.17, 15) is 14.4 Å². The van der Waals surface area contributed by atoms with Crippen molar-refractivity contribution in [3.63, 3.8) is 0 Å². The van der Waals surface area contributed by atoms with Gasteiger partial charge in [0, 0.05) is 24.2 Å². The highest BCUT2D eigenvalue weighted by Crippen LogP contribution is 2.22. The van der Waals surface area contributed by atoms with Gasteiger partial charge in [-0.2, -0.15) is 0 Å². The third-order valence-electron chi connectivity index (χ3n) is 3.53. The lowest BCUT2D eigenvalue weighted by Gasteiger charge is -2.18. The molecule has 0 amide bonds. The molecule has 146 valence electrons. The number of nitrogens with one attached hydrogen (secondary N) is 1. The molecule has 2 aromatic carbocycles. The van der Waals surface area contributed by atoms with Gasteiger partial charge in [-0.25, -0.2) is 4.79 Å². The van der Waals surface area contributed by atoms with Gasteiger partial charge in [0.25, 0.3) is 0 Å². The van der Waals surface area contributed by atoms with Gasteiger partial charge in [-0.1, -0.05) is 36.4 Å². The van der Waals surface area contributed by atoms with Gasteiger partial charge in [0.2, 0.25) is 0 Å². The van der Waals surface area contributed by atoms with E-state index in [0.717, 1.165) is 12.2 Å². The molecule has 0 aromatic heterocycles. The number of nitrogens with two attached hydrogens (primary N) is 1. The van der Waals surface area contributed by atoms with E-state index in [1.54, 1.807) is 0 Å². The summed E-state index contributed by atoms with van der Waals surface area (Å²) < 4.78 is 0. The number of aliphatic hydroxyl groups is 1. The third-order valence-corrected chi connectivity index (χ3v) is 3.53. The number of carboxylic acids is 3. The van der Waals surface area contributed by atoms with E-state index in [1.165, 1.54) is 10.8 Å². The number of aliphatic carboxylic acids is 3. The van der Waals surface area contributed by atoms with Crippen molar-refractivity contribution in [2.24, 2.45) is 5.73 Å². The van der Waals surface area contributed by atoms with Crippen LogP contribution < -0.4 is 11.1 Å². The second-order valence-electron chi connectivity index (χ2n) is 5.72. The van der Waals surface area contributed by atoms with Crippen molar-refractivity contribution >= 4 is 34.4 Å². The van der Waals surface area contributed by atoms with Gasteiger partial charge in [-0.05, 0) is 11.5 Å². The zero-order valence-electron chi connectivity index (χ0n) is 14.5. The molecule has 0 aliphatic carbocycles. The number of carbonyl (C=O) groups is 3. The Hall–Kier alpha value is -3.17. The Kier molecular flexibility index (Phi) is 8.18. The quantitative estimate of drug-likeness (QED) is 0.391. The maximum Gasteiger partial charge on any atom is 0.336 e. The van der Waals surface area contributed by atoms with Crippen LogP contribution in [0.5, 0.6) is 0 Å². The Balaban J connectivity index is 0.000000271. The van der Waals surface area contributed by atoms with Crippen molar-refractivity contribution in [3.05, 3.63) is 42.5 Å². The van der Waals surface area contributed by atoms with Crippen LogP contribution in [0.2, 0.25) is 0 Å². The molecule has 0 bridgehead atoms. The molecule has 2 rings (SSSR count). The van der Waals surface area contributed by atoms with E-state index in [2.05, 4.69) is 47.8 Å². The SMILES string of the molecule is NCCNc1cccc2ccccc12.O=C(O)CC(O)(CC(=O)O)C(=O)O. The Labute approximate surface area is 155 Å². The zero-order chi connectivity index (χ0) is 20.4. The second-order valence-corrected chi connectivity index (χ2v) is 5.72. The van der Waals surface area contributed by atoms with Gasteiger partial charge in [0.15, 0.2) is 5.60 Å². The largest absolute Gasteiger partial charge is 0.481 e. The van der Waals surface area contributed by atoms with E-state index in [0.29, 0.717) is 6.54 Å². The lowest BCUT2D eigenvalue weighted by molar-refractivity contribution is -0.170. The van der Waals surface area contributed by atoms with Crippen LogP contribution in [0, 0.1) is 0 Å². The normalized spacial score (nSPS) is 10.6. The van der Waals surface area contributed by atoms with Gasteiger partial charge in [-0.15, -0.1) is 0 Å². The van der Waals surface area contributed by atoms with E-state index in [4.69, 9.17) is 26.2 Å². The summed E-state index contributed by atoms with van der Waals surface area (Å²) in [6.07, 6.45) is -2.29. The molecule has 0 spiro atoms. The highest BCUT2D eigenvalue weighted by Gasteiger charge is 2.40. The van der Waals surface area contributed by atoms with Crippen molar-refractivity contribution in [1.29, 1.82) is 0 Å². The molecule has 9 heteroatoms. The predicted molar refractivity (Wildman–Crippen MR) is 98.6 cm³/mol. The van der Waals surface area contributed by atoms with Crippen LogP contribution in [-0.2, 0) is 14.4 Å². The molecule has 0 heterocycles. The van der Waals surface area contributed by atoms with Crippen molar-refractivity contribution < 1.29 is 34.8 Å². The van der Waals surface area contributed by atoms with Crippen molar-refractivity contribution in [2.45, 2.75) is 18.4 Å². The van der Waals surface area contributed by atoms with Crippen molar-refractivity contribution in [3.8, 4) is 0 Å². The van der Waals surface area contributed by atoms with Crippen LogP contribution in [0.4, 0.5) is 5.69 Å². The minimum absolute atomic E-state index is 0.656. The summed E-state index contributed by atoms with van der Waals surface area (Å²) >= 11 is 0. The Morgan fingerprint density at radius 2 is 1.48 bits per heavy atom. The summed E-state index contributed by atoms with van der Waals surface area (Å²) in [5.74, 6) is -5.02. The molecule has 0 fully saturated rings. The Morgan fingerprint density at radius 1 is 0.926 bits per heavy atom. The summed E-state index contributed by atoms with van der Waals surface area (Å²) in [6, 6.07) is 14.6. The number of rotatable bonds is 8. The number of hydrogen-bond donors (Lipinski definition) is 6. The molecule has 0 radical (unpaired) electrons. The molecule has 9 nitrogen and oxygen atoms in total. The summed E-state index contributed by atoms with van der Waals surface area (Å²) in [6.45, 7) is 1.47. The maximum atomic E-state index is 10.3. The molecule has 27 heavy (non-hydrogen) atoms. The molecule has 2 aromatic rings. The van der Waals surface area contributed by atoms with Crippen LogP contribution in [0.3, 0.4) is 0 Å². The summed E-state index contributed by atoms with van der Waals surface area (Å²) in [7, 11) is 0. The molecule has 0 atom stereocenters. The number of fused-ring (bicyclic) bond motifs is 1. The molecule has 7 N–H and O–H groups in total. The van der Waals surface area contributed by atoms with Gasteiger partial charge < -0.3 is 31.5 Å². The Bertz CT molecular complexity index is 786. The molecular formula is C18H22N2O7. The van der Waals surface area contributed by atoms with E-state index in [1.807, 2.05) is 0 Å². The molecule has 0 aliphatic heterocycles. The fourth-order valence-corrected chi connectivity index (χ4v) is 2.30. The minimum Gasteiger partial charge on any atom is -0.481 e. The lowest BCUT2D eigenvalue weighted by atomic mass is 9.96. The molecule has 0 saturated heterocycles. The summed E-state index contributed by atoms with van der Waals surface area (Å²) in [5, 5.41) is 39.6. The molecule has 0 unspecified atom stereocenters. The number of carboxylic acid groups (broad SMARTS) is 3. The average Bonchev–Trinajstić information content (AvgIpc) is 2.59. The number of hydrogen-bond acceptors (Lipinski definition) is 6. The van der Waals surface area contributed by atoms with Crippen LogP contribution in [-0.4, -0.2) is 57.0 Å². The van der Waals surface area contributed by atoms with Crippen LogP contribution in [0.15, 0.2) is 42.5 Å². The van der Waals surface area contributed by atoms with E-state index >= 15 is 0 Å². The fraction of sp³-hybridized carbons (Fsp3) is 0.278. The van der Waals surface area contributed by atoms with Gasteiger partial charge in [0.1, 0.15) is 0 Å². The van der Waals surface area contributed by atoms with Crippen LogP contribution in [0.1, 0.15) is 12.8 Å². The molecular weight excluding hydrogens is 356 g/mol. The van der Waals surface area contributed by atoms with Gasteiger partial charge in [0.05, 0.1) is 12.8 Å². The smallest absolute Gasteiger partial charge is 0.336 e. The van der Waals surface area contributed by atoms with Gasteiger partial charge in [-0.3, -0.25) is 9.59 Å². The first-order chi connectivity index (χ1) is 12.7. The minimum atomic E-state index is -2.74. The first-order valence-electron chi connectivity index (χ1n) is 8.00. The maximum absolute atomic E-state index is 10.3. The van der Waals surface area contributed by atoms with Crippen molar-refractivity contribution in [2.75, 3.05) is 18.4 Å². The van der Waals surface area contributed by atoms with Gasteiger partial charge >= 0.3 is 17.9 Å². The summed E-state index contributed by atoms with van der Waals surface area (Å²) in [5.41, 5.74) is 3.88. The molecule has 0 saturated carbocycles. The first kappa shape index (κ1) is 21.9. The standard InChI is InChI=1S/C12H14N2.C6H8O7/c13-8-9-14-12-7-3-5-10-4-1-2-6-11(10)12;7-3(8)1-6(13,5(11)12)2-4(9)10/h1-7,14H,8-9,13H2;13H,1-2H2,(H,7,8)(H,9,10)(H,11,12).